The molecule has 0 atom stereocenters. The summed E-state index contributed by atoms with van der Waals surface area (Å²) in [5.41, 5.74) is 3.58. The van der Waals surface area contributed by atoms with E-state index in [4.69, 9.17) is 0 Å². The van der Waals surface area contributed by atoms with Gasteiger partial charge < -0.3 is 10.2 Å². The van der Waals surface area contributed by atoms with Crippen LogP contribution >= 0.6 is 11.8 Å². The number of fused-ring (bicyclic) bond motifs is 1. The first kappa shape index (κ1) is 18.8. The van der Waals surface area contributed by atoms with Crippen molar-refractivity contribution < 1.29 is 9.59 Å². The number of aryl methyl sites for hydroxylation is 1. The van der Waals surface area contributed by atoms with Crippen LogP contribution in [-0.4, -0.2) is 24.9 Å². The Morgan fingerprint density at radius 1 is 1.18 bits per heavy atom. The van der Waals surface area contributed by atoms with E-state index < -0.39 is 0 Å². The first-order chi connectivity index (χ1) is 13.5. The Kier molecular flexibility index (Phi) is 5.27. The Morgan fingerprint density at radius 2 is 1.93 bits per heavy atom. The Hall–Kier alpha value is -2.53. The summed E-state index contributed by atoms with van der Waals surface area (Å²) in [7, 11) is 1.77. The van der Waals surface area contributed by atoms with Gasteiger partial charge in [-0.25, -0.2) is 0 Å². The number of rotatable bonds is 3. The Labute approximate surface area is 170 Å². The molecule has 5 heteroatoms. The van der Waals surface area contributed by atoms with Gasteiger partial charge in [0, 0.05) is 23.5 Å². The van der Waals surface area contributed by atoms with Crippen molar-refractivity contribution in [3.8, 4) is 0 Å². The minimum absolute atomic E-state index is 0.0471. The van der Waals surface area contributed by atoms with Gasteiger partial charge in [0.15, 0.2) is 0 Å². The summed E-state index contributed by atoms with van der Waals surface area (Å²) in [4.78, 5) is 28.8. The van der Waals surface area contributed by atoms with E-state index >= 15 is 0 Å². The molecule has 2 aromatic carbocycles. The van der Waals surface area contributed by atoms with E-state index in [1.54, 1.807) is 11.9 Å². The van der Waals surface area contributed by atoms with Crippen LogP contribution in [0.1, 0.15) is 47.2 Å². The molecule has 1 saturated carbocycles. The van der Waals surface area contributed by atoms with Crippen LogP contribution in [0.2, 0.25) is 0 Å². The second kappa shape index (κ2) is 7.84. The quantitative estimate of drug-likeness (QED) is 0.765. The van der Waals surface area contributed by atoms with Crippen molar-refractivity contribution in [3.63, 3.8) is 0 Å². The first-order valence-corrected chi connectivity index (χ1v) is 10.5. The Balaban J connectivity index is 1.60. The molecule has 0 bridgehead atoms. The van der Waals surface area contributed by atoms with Crippen LogP contribution in [0.5, 0.6) is 0 Å². The lowest BCUT2D eigenvalue weighted by atomic mass is 10.1. The topological polar surface area (TPSA) is 49.4 Å². The standard InChI is InChI=1S/C23H24N2O2S/c1-15-7-3-4-8-16(15)14-21-23(27)25(2)19-13-17(11-12-20(19)28-21)22(26)24-18-9-5-6-10-18/h3-4,7-8,11-14,18H,5-6,9-10H2,1-2H3,(H,24,26)/b21-14-. The molecule has 144 valence electrons. The third kappa shape index (κ3) is 3.72. The summed E-state index contributed by atoms with van der Waals surface area (Å²) in [6.45, 7) is 2.04. The smallest absolute Gasteiger partial charge is 0.264 e. The molecule has 1 aliphatic heterocycles. The molecule has 1 fully saturated rings. The number of carbonyl (C=O) groups is 2. The van der Waals surface area contributed by atoms with E-state index in [0.717, 1.165) is 34.6 Å². The third-order valence-corrected chi connectivity index (χ3v) is 6.56. The van der Waals surface area contributed by atoms with Crippen molar-refractivity contribution in [1.82, 2.24) is 5.32 Å². The molecule has 1 aliphatic carbocycles. The number of anilines is 1. The number of likely N-dealkylation sites (N-methyl/N-ethyl adjacent to an activating group) is 1. The minimum Gasteiger partial charge on any atom is -0.349 e. The second-order valence-corrected chi connectivity index (χ2v) is 8.55. The lowest BCUT2D eigenvalue weighted by Gasteiger charge is -2.27. The SMILES string of the molecule is Cc1ccccc1/C=C1\Sc2ccc(C(=O)NC3CCCC3)cc2N(C)C1=O. The van der Waals surface area contributed by atoms with Crippen molar-refractivity contribution in [2.45, 2.75) is 43.5 Å². The fourth-order valence-electron chi connectivity index (χ4n) is 3.76. The van der Waals surface area contributed by atoms with Gasteiger partial charge in [-0.15, -0.1) is 0 Å². The zero-order chi connectivity index (χ0) is 19.7. The predicted molar refractivity (Wildman–Crippen MR) is 115 cm³/mol. The average Bonchev–Trinajstić information content (AvgIpc) is 3.20. The number of thioether (sulfide) groups is 1. The van der Waals surface area contributed by atoms with Gasteiger partial charge >= 0.3 is 0 Å². The molecule has 2 amide bonds. The lowest BCUT2D eigenvalue weighted by Crippen LogP contribution is -2.33. The highest BCUT2D eigenvalue weighted by atomic mass is 32.2. The monoisotopic (exact) mass is 392 g/mol. The molecular weight excluding hydrogens is 368 g/mol. The van der Waals surface area contributed by atoms with Crippen LogP contribution in [0.15, 0.2) is 52.3 Å². The fourth-order valence-corrected chi connectivity index (χ4v) is 4.85. The normalized spacial score (nSPS) is 18.4. The van der Waals surface area contributed by atoms with E-state index in [1.807, 2.05) is 55.5 Å². The zero-order valence-corrected chi connectivity index (χ0v) is 17.0. The van der Waals surface area contributed by atoms with Crippen LogP contribution in [0.25, 0.3) is 6.08 Å². The summed E-state index contributed by atoms with van der Waals surface area (Å²) in [6, 6.07) is 13.9. The van der Waals surface area contributed by atoms with E-state index in [1.165, 1.54) is 24.6 Å². The van der Waals surface area contributed by atoms with E-state index in [9.17, 15) is 9.59 Å². The van der Waals surface area contributed by atoms with Crippen molar-refractivity contribution in [3.05, 3.63) is 64.1 Å². The highest BCUT2D eigenvalue weighted by molar-refractivity contribution is 8.04. The van der Waals surface area contributed by atoms with E-state index in [-0.39, 0.29) is 17.9 Å². The van der Waals surface area contributed by atoms with E-state index in [2.05, 4.69) is 5.32 Å². The van der Waals surface area contributed by atoms with Gasteiger partial charge in [-0.1, -0.05) is 48.9 Å². The molecule has 4 rings (SSSR count). The van der Waals surface area contributed by atoms with Crippen LogP contribution in [0.4, 0.5) is 5.69 Å². The lowest BCUT2D eigenvalue weighted by molar-refractivity contribution is -0.114. The molecule has 0 spiro atoms. The number of nitrogens with one attached hydrogen (secondary N) is 1. The molecule has 0 aromatic heterocycles. The molecule has 1 N–H and O–H groups in total. The highest BCUT2D eigenvalue weighted by Crippen LogP contribution is 2.42. The summed E-state index contributed by atoms with van der Waals surface area (Å²) in [5, 5.41) is 3.12. The van der Waals surface area contributed by atoms with Crippen molar-refractivity contribution in [1.29, 1.82) is 0 Å². The van der Waals surface area contributed by atoms with Crippen LogP contribution < -0.4 is 10.2 Å². The van der Waals surface area contributed by atoms with Gasteiger partial charge in [0.1, 0.15) is 0 Å². The van der Waals surface area contributed by atoms with Gasteiger partial charge in [-0.3, -0.25) is 9.59 Å². The van der Waals surface area contributed by atoms with Crippen LogP contribution in [0.3, 0.4) is 0 Å². The molecule has 28 heavy (non-hydrogen) atoms. The maximum atomic E-state index is 12.9. The summed E-state index contributed by atoms with van der Waals surface area (Å²) >= 11 is 1.46. The number of benzene rings is 2. The Bertz CT molecular complexity index is 961. The number of amides is 2. The highest BCUT2D eigenvalue weighted by Gasteiger charge is 2.28. The molecule has 4 nitrogen and oxygen atoms in total. The number of carbonyl (C=O) groups excluding carboxylic acids is 2. The number of nitrogens with zero attached hydrogens (tertiary/aromatic N) is 1. The summed E-state index contributed by atoms with van der Waals surface area (Å²) in [5.74, 6) is -0.101. The van der Waals surface area contributed by atoms with Gasteiger partial charge in [0.2, 0.25) is 0 Å². The maximum Gasteiger partial charge on any atom is 0.264 e. The van der Waals surface area contributed by atoms with E-state index in [0.29, 0.717) is 10.5 Å². The van der Waals surface area contributed by atoms with Crippen molar-refractivity contribution in [2.24, 2.45) is 0 Å². The van der Waals surface area contributed by atoms with Crippen LogP contribution in [-0.2, 0) is 4.79 Å². The van der Waals surface area contributed by atoms with Gasteiger partial charge in [-0.05, 0) is 55.2 Å². The zero-order valence-electron chi connectivity index (χ0n) is 16.2. The van der Waals surface area contributed by atoms with Gasteiger partial charge in [-0.2, -0.15) is 0 Å². The van der Waals surface area contributed by atoms with Crippen molar-refractivity contribution in [2.75, 3.05) is 11.9 Å². The Morgan fingerprint density at radius 3 is 2.68 bits per heavy atom. The molecular formula is C23H24N2O2S. The third-order valence-electron chi connectivity index (χ3n) is 5.48. The fraction of sp³-hybridized carbons (Fsp3) is 0.304. The van der Waals surface area contributed by atoms with Gasteiger partial charge in [0.25, 0.3) is 11.8 Å². The first-order valence-electron chi connectivity index (χ1n) is 9.71. The largest absolute Gasteiger partial charge is 0.349 e. The van der Waals surface area contributed by atoms with Crippen LogP contribution in [0, 0.1) is 6.92 Å². The molecule has 2 aliphatic rings. The number of hydrogen-bond donors (Lipinski definition) is 1. The summed E-state index contributed by atoms with van der Waals surface area (Å²) in [6.07, 6.45) is 6.41. The maximum absolute atomic E-state index is 12.9. The second-order valence-electron chi connectivity index (χ2n) is 7.47. The molecule has 0 unspecified atom stereocenters. The number of hydrogen-bond acceptors (Lipinski definition) is 3. The predicted octanol–water partition coefficient (Wildman–Crippen LogP) is 4.78. The molecule has 0 radical (unpaired) electrons. The van der Waals surface area contributed by atoms with Crippen molar-refractivity contribution >= 4 is 35.3 Å². The molecule has 0 saturated heterocycles. The molecule has 2 aromatic rings. The average molecular weight is 393 g/mol. The summed E-state index contributed by atoms with van der Waals surface area (Å²) < 4.78 is 0. The molecule has 1 heterocycles. The minimum atomic E-state index is -0.0539. The van der Waals surface area contributed by atoms with Gasteiger partial charge in [0.05, 0.1) is 10.6 Å².